The molecule has 0 radical (unpaired) electrons. The SMILES string of the molecule is CC(=O)N1CCN2c3ccc(/C=C/c4c(Cl)cccc4C(F)(F)F)cc3N(S(=O)(=O)c3cccc(C)c3)C[C@@H]2C1. The summed E-state index contributed by atoms with van der Waals surface area (Å²) in [7, 11) is -3.99. The van der Waals surface area contributed by atoms with Crippen molar-refractivity contribution in [3.05, 3.63) is 87.9 Å². The Morgan fingerprint density at radius 2 is 1.73 bits per heavy atom. The van der Waals surface area contributed by atoms with E-state index in [1.54, 1.807) is 35.2 Å². The molecule has 1 fully saturated rings. The van der Waals surface area contributed by atoms with E-state index in [1.165, 1.54) is 41.6 Å². The highest BCUT2D eigenvalue weighted by Crippen LogP contribution is 2.41. The third kappa shape index (κ3) is 5.30. The minimum absolute atomic E-state index is 0.0427. The monoisotopic (exact) mass is 589 g/mol. The summed E-state index contributed by atoms with van der Waals surface area (Å²) in [6.45, 7) is 4.83. The van der Waals surface area contributed by atoms with E-state index in [9.17, 15) is 26.4 Å². The van der Waals surface area contributed by atoms with Crippen molar-refractivity contribution in [3.63, 3.8) is 0 Å². The smallest absolute Gasteiger partial charge is 0.361 e. The molecule has 0 saturated carbocycles. The number of hydrogen-bond acceptors (Lipinski definition) is 4. The van der Waals surface area contributed by atoms with Crippen LogP contribution in [0.15, 0.2) is 65.6 Å². The standard InChI is InChI=1S/C29H27ClF3N3O3S/c1-19-5-3-6-23(15-19)40(38,39)36-18-22-17-34(20(2)37)13-14-35(22)27-12-10-21(16-28(27)36)9-11-24-25(29(31,32)33)7-4-8-26(24)30/h3-12,15-16,22H,13-14,17-18H2,1-2H3/b11-9+/t22-/m0/s1. The fraction of sp³-hybridized carbons (Fsp3) is 0.276. The van der Waals surface area contributed by atoms with Crippen molar-refractivity contribution in [2.45, 2.75) is 31.0 Å². The van der Waals surface area contributed by atoms with Crippen LogP contribution in [0.5, 0.6) is 0 Å². The second-order valence-electron chi connectivity index (χ2n) is 9.95. The summed E-state index contributed by atoms with van der Waals surface area (Å²) in [5.41, 5.74) is 1.38. The molecule has 0 aromatic heterocycles. The molecule has 1 amide bonds. The largest absolute Gasteiger partial charge is 0.417 e. The van der Waals surface area contributed by atoms with Gasteiger partial charge in [-0.05, 0) is 54.4 Å². The lowest BCUT2D eigenvalue weighted by Crippen LogP contribution is -2.61. The molecule has 5 rings (SSSR count). The first kappa shape index (κ1) is 28.0. The second kappa shape index (κ2) is 10.5. The Labute approximate surface area is 236 Å². The van der Waals surface area contributed by atoms with Crippen molar-refractivity contribution in [1.82, 2.24) is 4.90 Å². The van der Waals surface area contributed by atoms with Gasteiger partial charge in [-0.2, -0.15) is 13.2 Å². The molecule has 11 heteroatoms. The average Bonchev–Trinajstić information content (AvgIpc) is 2.90. The lowest BCUT2D eigenvalue weighted by molar-refractivity contribution is -0.137. The molecular formula is C29H27ClF3N3O3S. The van der Waals surface area contributed by atoms with E-state index in [4.69, 9.17) is 11.6 Å². The molecule has 0 unspecified atom stereocenters. The molecule has 40 heavy (non-hydrogen) atoms. The van der Waals surface area contributed by atoms with E-state index in [2.05, 4.69) is 4.90 Å². The molecule has 0 N–H and O–H groups in total. The first-order valence-corrected chi connectivity index (χ1v) is 14.5. The summed E-state index contributed by atoms with van der Waals surface area (Å²) in [5.74, 6) is -0.0724. The van der Waals surface area contributed by atoms with Crippen molar-refractivity contribution in [2.24, 2.45) is 0 Å². The minimum atomic E-state index is -4.59. The lowest BCUT2D eigenvalue weighted by atomic mass is 10.0. The van der Waals surface area contributed by atoms with Crippen LogP contribution >= 0.6 is 11.6 Å². The zero-order chi connectivity index (χ0) is 28.8. The number of carbonyl (C=O) groups is 1. The highest BCUT2D eigenvalue weighted by atomic mass is 35.5. The highest BCUT2D eigenvalue weighted by Gasteiger charge is 2.40. The maximum absolute atomic E-state index is 13.9. The normalized spacial score (nSPS) is 17.6. The van der Waals surface area contributed by atoms with Gasteiger partial charge in [0, 0.05) is 37.1 Å². The van der Waals surface area contributed by atoms with Gasteiger partial charge < -0.3 is 9.80 Å². The number of benzene rings is 3. The van der Waals surface area contributed by atoms with Gasteiger partial charge in [-0.1, -0.05) is 48.0 Å². The Hall–Kier alpha value is -3.50. The molecule has 1 saturated heterocycles. The molecule has 6 nitrogen and oxygen atoms in total. The number of aryl methyl sites for hydroxylation is 1. The van der Waals surface area contributed by atoms with Gasteiger partial charge in [0.25, 0.3) is 10.0 Å². The average molecular weight is 590 g/mol. The zero-order valence-electron chi connectivity index (χ0n) is 21.8. The summed E-state index contributed by atoms with van der Waals surface area (Å²) in [6.07, 6.45) is -1.80. The van der Waals surface area contributed by atoms with Crippen molar-refractivity contribution in [2.75, 3.05) is 35.4 Å². The Morgan fingerprint density at radius 1 is 0.975 bits per heavy atom. The molecule has 210 valence electrons. The minimum Gasteiger partial charge on any atom is -0.361 e. The topological polar surface area (TPSA) is 60.9 Å². The Bertz CT molecular complexity index is 1610. The number of alkyl halides is 3. The van der Waals surface area contributed by atoms with E-state index in [-0.39, 0.29) is 34.0 Å². The van der Waals surface area contributed by atoms with Crippen LogP contribution in [0.3, 0.4) is 0 Å². The van der Waals surface area contributed by atoms with Gasteiger partial charge in [-0.25, -0.2) is 8.42 Å². The van der Waals surface area contributed by atoms with E-state index in [0.29, 0.717) is 36.6 Å². The molecule has 2 aliphatic rings. The molecular weight excluding hydrogens is 563 g/mol. The summed E-state index contributed by atoms with van der Waals surface area (Å²) in [6, 6.07) is 15.1. The number of nitrogens with zero attached hydrogens (tertiary/aromatic N) is 3. The zero-order valence-corrected chi connectivity index (χ0v) is 23.4. The van der Waals surface area contributed by atoms with E-state index >= 15 is 0 Å². The van der Waals surface area contributed by atoms with Crippen molar-refractivity contribution >= 4 is 51.1 Å². The number of carbonyl (C=O) groups excluding carboxylic acids is 1. The van der Waals surface area contributed by atoms with Crippen LogP contribution in [0.25, 0.3) is 12.2 Å². The Balaban J connectivity index is 1.59. The Kier molecular flexibility index (Phi) is 7.35. The van der Waals surface area contributed by atoms with Crippen molar-refractivity contribution in [3.8, 4) is 0 Å². The predicted octanol–water partition coefficient (Wildman–Crippen LogP) is 6.08. The number of amides is 1. The van der Waals surface area contributed by atoms with Crippen LogP contribution in [0.2, 0.25) is 5.02 Å². The van der Waals surface area contributed by atoms with E-state index in [0.717, 1.165) is 11.6 Å². The van der Waals surface area contributed by atoms with Crippen molar-refractivity contribution in [1.29, 1.82) is 0 Å². The van der Waals surface area contributed by atoms with Gasteiger partial charge in [0.15, 0.2) is 0 Å². The third-order valence-corrected chi connectivity index (χ3v) is 9.37. The second-order valence-corrected chi connectivity index (χ2v) is 12.2. The highest BCUT2D eigenvalue weighted by molar-refractivity contribution is 7.92. The summed E-state index contributed by atoms with van der Waals surface area (Å²) in [5, 5.41) is -0.0427. The number of rotatable bonds is 4. The summed E-state index contributed by atoms with van der Waals surface area (Å²) >= 11 is 6.12. The summed E-state index contributed by atoms with van der Waals surface area (Å²) in [4.78, 5) is 16.0. The number of halogens is 4. The molecule has 3 aromatic rings. The number of fused-ring (bicyclic) bond motifs is 3. The first-order valence-electron chi connectivity index (χ1n) is 12.7. The van der Waals surface area contributed by atoms with Gasteiger partial charge in [-0.3, -0.25) is 9.10 Å². The molecule has 2 aliphatic heterocycles. The molecule has 2 heterocycles. The van der Waals surface area contributed by atoms with Crippen LogP contribution < -0.4 is 9.21 Å². The molecule has 0 aliphatic carbocycles. The molecule has 0 bridgehead atoms. The third-order valence-electron chi connectivity index (χ3n) is 7.26. The Morgan fingerprint density at radius 3 is 2.42 bits per heavy atom. The van der Waals surface area contributed by atoms with Gasteiger partial charge >= 0.3 is 6.18 Å². The molecule has 3 aromatic carbocycles. The quantitative estimate of drug-likeness (QED) is 0.346. The molecule has 0 spiro atoms. The number of anilines is 2. The number of sulfonamides is 1. The fourth-order valence-corrected chi connectivity index (χ4v) is 7.11. The maximum atomic E-state index is 13.9. The van der Waals surface area contributed by atoms with E-state index < -0.39 is 21.8 Å². The summed E-state index contributed by atoms with van der Waals surface area (Å²) < 4.78 is 70.0. The maximum Gasteiger partial charge on any atom is 0.417 e. The first-order chi connectivity index (χ1) is 18.9. The van der Waals surface area contributed by atoms with Crippen LogP contribution in [-0.4, -0.2) is 51.4 Å². The number of piperazine rings is 1. The van der Waals surface area contributed by atoms with Crippen LogP contribution in [-0.2, 0) is 21.0 Å². The number of hydrogen-bond donors (Lipinski definition) is 0. The van der Waals surface area contributed by atoms with Crippen LogP contribution in [0.1, 0.15) is 29.2 Å². The van der Waals surface area contributed by atoms with Crippen LogP contribution in [0, 0.1) is 6.92 Å². The van der Waals surface area contributed by atoms with Crippen LogP contribution in [0.4, 0.5) is 24.5 Å². The van der Waals surface area contributed by atoms with Crippen molar-refractivity contribution < 1.29 is 26.4 Å². The van der Waals surface area contributed by atoms with Gasteiger partial charge in [0.05, 0.1) is 34.4 Å². The molecule has 1 atom stereocenters. The van der Waals surface area contributed by atoms with Gasteiger partial charge in [-0.15, -0.1) is 0 Å². The van der Waals surface area contributed by atoms with Gasteiger partial charge in [0.2, 0.25) is 5.91 Å². The van der Waals surface area contributed by atoms with E-state index in [1.807, 2.05) is 13.0 Å². The van der Waals surface area contributed by atoms with Gasteiger partial charge in [0.1, 0.15) is 0 Å². The fourth-order valence-electron chi connectivity index (χ4n) is 5.26. The predicted molar refractivity (Wildman–Crippen MR) is 151 cm³/mol. The lowest BCUT2D eigenvalue weighted by Gasteiger charge is -2.49.